The van der Waals surface area contributed by atoms with Crippen LogP contribution in [-0.2, 0) is 28.5 Å². The summed E-state index contributed by atoms with van der Waals surface area (Å²) in [6, 6.07) is 0. The quantitative estimate of drug-likeness (QED) is 0.316. The number of esters is 1. The first-order valence-electron chi connectivity index (χ1n) is 14.5. The van der Waals surface area contributed by atoms with Crippen LogP contribution in [0.3, 0.4) is 0 Å². The number of hydrogen-bond acceptors (Lipinski definition) is 8. The lowest BCUT2D eigenvalue weighted by atomic mass is 9.42. The van der Waals surface area contributed by atoms with Gasteiger partial charge in [0.2, 0.25) is 0 Å². The van der Waals surface area contributed by atoms with Crippen LogP contribution in [-0.4, -0.2) is 65.6 Å². The van der Waals surface area contributed by atoms with E-state index in [1.165, 1.54) is 0 Å². The summed E-state index contributed by atoms with van der Waals surface area (Å²) in [6.07, 6.45) is 10.4. The molecular weight excluding hydrogens is 488 g/mol. The lowest BCUT2D eigenvalue weighted by Gasteiger charge is -2.65. The average Bonchev–Trinajstić information content (AvgIpc) is 3.43. The summed E-state index contributed by atoms with van der Waals surface area (Å²) in [5.41, 5.74) is -0.699. The van der Waals surface area contributed by atoms with Gasteiger partial charge in [0.1, 0.15) is 12.7 Å². The summed E-state index contributed by atoms with van der Waals surface area (Å²) in [4.78, 5) is 23.6. The minimum absolute atomic E-state index is 0.0148. The Morgan fingerprint density at radius 1 is 1.08 bits per heavy atom. The van der Waals surface area contributed by atoms with Gasteiger partial charge in [-0.05, 0) is 99.0 Å². The highest BCUT2D eigenvalue weighted by Gasteiger charge is 2.71. The Morgan fingerprint density at radius 3 is 2.61 bits per heavy atom. The molecule has 4 fully saturated rings. The number of hydrogen-bond donors (Lipinski definition) is 2. The van der Waals surface area contributed by atoms with E-state index in [2.05, 4.69) is 13.8 Å². The lowest BCUT2D eigenvalue weighted by Crippen LogP contribution is -2.67. The van der Waals surface area contributed by atoms with E-state index >= 15 is 0 Å². The predicted molar refractivity (Wildman–Crippen MR) is 136 cm³/mol. The third-order valence-electron chi connectivity index (χ3n) is 11.8. The first kappa shape index (κ1) is 26.5. The van der Waals surface area contributed by atoms with E-state index in [4.69, 9.17) is 18.9 Å². The third-order valence-corrected chi connectivity index (χ3v) is 11.8. The molecule has 4 saturated carbocycles. The normalized spacial score (nSPS) is 51.9. The summed E-state index contributed by atoms with van der Waals surface area (Å²) in [5.74, 6) is 0.425. The van der Waals surface area contributed by atoms with Gasteiger partial charge in [-0.15, -0.1) is 0 Å². The molecule has 12 atom stereocenters. The zero-order valence-corrected chi connectivity index (χ0v) is 22.7. The van der Waals surface area contributed by atoms with Gasteiger partial charge in [-0.3, -0.25) is 4.79 Å². The first-order chi connectivity index (χ1) is 18.1. The van der Waals surface area contributed by atoms with Crippen LogP contribution < -0.4 is 0 Å². The first-order valence-corrected chi connectivity index (χ1v) is 14.5. The Hall–Kier alpha value is -1.74. The molecular formula is C30H42O8. The van der Waals surface area contributed by atoms with Gasteiger partial charge in [0, 0.05) is 11.5 Å². The van der Waals surface area contributed by atoms with E-state index in [1.807, 2.05) is 13.0 Å². The SMILES string of the molecule is CC1O[C@@H](OC2CCC3(C)C(CCC4C3CC(OC=O)C3(C)C(C5=CC(=O)OC5)CCC43O)C2)C=C[C@H]1O. The number of cyclic esters (lactones) is 1. The third kappa shape index (κ3) is 3.85. The molecule has 0 aromatic heterocycles. The van der Waals surface area contributed by atoms with Gasteiger partial charge in [0.15, 0.2) is 6.29 Å². The Labute approximate surface area is 224 Å². The van der Waals surface area contributed by atoms with Crippen molar-refractivity contribution in [3.05, 3.63) is 23.8 Å². The molecule has 6 rings (SSSR count). The van der Waals surface area contributed by atoms with Crippen molar-refractivity contribution >= 4 is 12.4 Å². The van der Waals surface area contributed by atoms with Crippen molar-refractivity contribution in [1.82, 2.24) is 0 Å². The minimum atomic E-state index is -0.972. The Kier molecular flexibility index (Phi) is 6.57. The van der Waals surface area contributed by atoms with Crippen molar-refractivity contribution in [2.45, 2.75) is 108 Å². The smallest absolute Gasteiger partial charge is 0.331 e. The van der Waals surface area contributed by atoms with Crippen LogP contribution in [0.15, 0.2) is 23.8 Å². The van der Waals surface area contributed by atoms with Crippen molar-refractivity contribution in [2.75, 3.05) is 6.61 Å². The van der Waals surface area contributed by atoms with Crippen molar-refractivity contribution in [2.24, 2.45) is 34.5 Å². The van der Waals surface area contributed by atoms with Gasteiger partial charge >= 0.3 is 5.97 Å². The topological polar surface area (TPSA) is 112 Å². The monoisotopic (exact) mass is 530 g/mol. The van der Waals surface area contributed by atoms with Crippen molar-refractivity contribution in [3.63, 3.8) is 0 Å². The van der Waals surface area contributed by atoms with E-state index in [-0.39, 0.29) is 48.0 Å². The number of rotatable bonds is 5. The summed E-state index contributed by atoms with van der Waals surface area (Å²) in [7, 11) is 0. The maximum Gasteiger partial charge on any atom is 0.331 e. The molecule has 0 bridgehead atoms. The molecule has 2 N–H and O–H groups in total. The average molecular weight is 531 g/mol. The molecule has 38 heavy (non-hydrogen) atoms. The fourth-order valence-corrected chi connectivity index (χ4v) is 9.68. The fourth-order valence-electron chi connectivity index (χ4n) is 9.68. The Bertz CT molecular complexity index is 1020. The summed E-state index contributed by atoms with van der Waals surface area (Å²) in [6.45, 7) is 7.11. The van der Waals surface area contributed by atoms with Crippen LogP contribution >= 0.6 is 0 Å². The van der Waals surface area contributed by atoms with E-state index < -0.39 is 29.5 Å². The van der Waals surface area contributed by atoms with E-state index in [1.54, 1.807) is 12.2 Å². The summed E-state index contributed by atoms with van der Waals surface area (Å²) < 4.78 is 23.3. The molecule has 0 aromatic rings. The predicted octanol–water partition coefficient (Wildman–Crippen LogP) is 3.44. The van der Waals surface area contributed by atoms with Crippen molar-refractivity contribution < 1.29 is 38.7 Å². The van der Waals surface area contributed by atoms with Gasteiger partial charge in [-0.1, -0.05) is 19.9 Å². The highest BCUT2D eigenvalue weighted by atomic mass is 16.7. The molecule has 2 heterocycles. The largest absolute Gasteiger partial charge is 0.464 e. The van der Waals surface area contributed by atoms with Crippen molar-refractivity contribution in [1.29, 1.82) is 0 Å². The van der Waals surface area contributed by atoms with E-state index in [9.17, 15) is 19.8 Å². The number of ether oxygens (including phenoxy) is 4. The van der Waals surface area contributed by atoms with Gasteiger partial charge in [0.25, 0.3) is 6.47 Å². The van der Waals surface area contributed by atoms with Gasteiger partial charge in [0.05, 0.1) is 23.9 Å². The van der Waals surface area contributed by atoms with Crippen LogP contribution in [0.25, 0.3) is 0 Å². The minimum Gasteiger partial charge on any atom is -0.464 e. The zero-order chi connectivity index (χ0) is 26.9. The van der Waals surface area contributed by atoms with E-state index in [0.717, 1.165) is 50.5 Å². The second-order valence-electron chi connectivity index (χ2n) is 13.2. The molecule has 0 radical (unpaired) electrons. The van der Waals surface area contributed by atoms with Crippen LogP contribution in [0, 0.1) is 34.5 Å². The standard InChI is InChI=1S/C30H42O8/c1-17-24(32)6-7-27(37-17)38-20-8-10-28(2)19(13-20)4-5-22-23(28)14-25(36-16-31)29(3)21(9-11-30(22,29)34)18-12-26(33)35-15-18/h6-7,12,16-17,19-25,27,32,34H,4-5,8-11,13-15H2,1-3H3/t17?,19?,20?,21?,22?,23?,24-,25?,27+,28?,29?,30?/m1/s1. The molecule has 8 nitrogen and oxygen atoms in total. The molecule has 0 spiro atoms. The summed E-state index contributed by atoms with van der Waals surface area (Å²) in [5, 5.41) is 22.5. The molecule has 8 heteroatoms. The van der Waals surface area contributed by atoms with Gasteiger partial charge < -0.3 is 29.2 Å². The molecule has 10 unspecified atom stereocenters. The number of aliphatic hydroxyl groups is 2. The van der Waals surface area contributed by atoms with E-state index in [0.29, 0.717) is 18.8 Å². The molecule has 0 saturated heterocycles. The molecule has 6 aliphatic rings. The maximum absolute atomic E-state index is 12.6. The maximum atomic E-state index is 12.6. The second kappa shape index (κ2) is 9.43. The van der Waals surface area contributed by atoms with Crippen LogP contribution in [0.2, 0.25) is 0 Å². The molecule has 2 aliphatic heterocycles. The lowest BCUT2D eigenvalue weighted by molar-refractivity contribution is -0.253. The summed E-state index contributed by atoms with van der Waals surface area (Å²) >= 11 is 0. The van der Waals surface area contributed by atoms with Crippen LogP contribution in [0.5, 0.6) is 0 Å². The number of carbonyl (C=O) groups excluding carboxylic acids is 2. The highest BCUT2D eigenvalue weighted by Crippen LogP contribution is 2.70. The second-order valence-corrected chi connectivity index (χ2v) is 13.2. The van der Waals surface area contributed by atoms with Crippen molar-refractivity contribution in [3.8, 4) is 0 Å². The molecule has 210 valence electrons. The number of aliphatic hydroxyl groups excluding tert-OH is 1. The Balaban J connectivity index is 1.24. The van der Waals surface area contributed by atoms with Gasteiger partial charge in [-0.2, -0.15) is 0 Å². The molecule has 0 aromatic carbocycles. The van der Waals surface area contributed by atoms with Crippen LogP contribution in [0.4, 0.5) is 0 Å². The molecule has 4 aliphatic carbocycles. The highest BCUT2D eigenvalue weighted by molar-refractivity contribution is 5.85. The Morgan fingerprint density at radius 2 is 1.89 bits per heavy atom. The van der Waals surface area contributed by atoms with Gasteiger partial charge in [-0.25, -0.2) is 4.79 Å². The zero-order valence-electron chi connectivity index (χ0n) is 22.7. The number of fused-ring (bicyclic) bond motifs is 5. The molecule has 0 amide bonds. The van der Waals surface area contributed by atoms with Crippen LogP contribution in [0.1, 0.15) is 72.1 Å². The fraction of sp³-hybridized carbons (Fsp3) is 0.800. The number of carbonyl (C=O) groups is 2.